The number of nitrogens with zero attached hydrogens (tertiary/aromatic N) is 1. The van der Waals surface area contributed by atoms with Crippen LogP contribution in [0.4, 0.5) is 0 Å². The zero-order valence-corrected chi connectivity index (χ0v) is 13.2. The van der Waals surface area contributed by atoms with Gasteiger partial charge in [0.15, 0.2) is 18.5 Å². The summed E-state index contributed by atoms with van der Waals surface area (Å²) in [5, 5.41) is 11.1. The van der Waals surface area contributed by atoms with Crippen LogP contribution in [-0.2, 0) is 4.74 Å². The first-order valence-electron chi connectivity index (χ1n) is 7.69. The number of Topliss-reactive ketones (excluding diaryl/α,β-unsaturated/α-hetero) is 1. The Bertz CT molecular complexity index is 861. The predicted molar refractivity (Wildman–Crippen MR) is 90.8 cm³/mol. The Morgan fingerprint density at radius 1 is 0.800 bits per heavy atom. The van der Waals surface area contributed by atoms with Gasteiger partial charge in [-0.1, -0.05) is 60.7 Å². The quantitative estimate of drug-likeness (QED) is 0.311. The van der Waals surface area contributed by atoms with Crippen LogP contribution in [0.5, 0.6) is 0 Å². The lowest BCUT2D eigenvalue weighted by Crippen LogP contribution is -2.25. The lowest BCUT2D eigenvalue weighted by molar-refractivity contribution is -0.605. The molecule has 1 heterocycles. The average Bonchev–Trinajstić information content (AvgIpc) is 2.67. The summed E-state index contributed by atoms with van der Waals surface area (Å²) in [4.78, 5) is 25.2. The van der Waals surface area contributed by atoms with Crippen LogP contribution in [-0.4, -0.2) is 11.8 Å². The minimum absolute atomic E-state index is 0.203. The van der Waals surface area contributed by atoms with E-state index in [2.05, 4.69) is 0 Å². The Labute approximate surface area is 144 Å². The molecule has 1 aromatic heterocycles. The third kappa shape index (κ3) is 3.90. The van der Waals surface area contributed by atoms with Crippen LogP contribution in [0.15, 0.2) is 85.2 Å². The highest BCUT2D eigenvalue weighted by atomic mass is 16.5. The van der Waals surface area contributed by atoms with Gasteiger partial charge in [0.25, 0.3) is 0 Å². The van der Waals surface area contributed by atoms with Gasteiger partial charge in [-0.15, -0.1) is 0 Å². The molecule has 0 fully saturated rings. The minimum atomic E-state index is -1.06. The molecule has 0 bridgehead atoms. The predicted octanol–water partition coefficient (Wildman–Crippen LogP) is 3.10. The van der Waals surface area contributed by atoms with Crippen molar-refractivity contribution in [3.63, 3.8) is 0 Å². The Balaban J connectivity index is 1.90. The van der Waals surface area contributed by atoms with Gasteiger partial charge in [-0.05, 0) is 0 Å². The molecule has 3 aromatic rings. The molecule has 0 radical (unpaired) electrons. The SMILES string of the molecule is O=C(O[C@H](C(=O)c1ccccc1)c1ccccc1)c1cc[n+]([O-])cc1. The third-order valence-electron chi connectivity index (χ3n) is 3.66. The number of rotatable bonds is 5. The summed E-state index contributed by atoms with van der Waals surface area (Å²) in [5.74, 6) is -0.978. The van der Waals surface area contributed by atoms with Crippen molar-refractivity contribution >= 4 is 11.8 Å². The van der Waals surface area contributed by atoms with Crippen molar-refractivity contribution in [3.05, 3.63) is 107 Å². The summed E-state index contributed by atoms with van der Waals surface area (Å²) in [6.45, 7) is 0. The van der Waals surface area contributed by atoms with Crippen LogP contribution in [0.1, 0.15) is 32.4 Å². The summed E-state index contributed by atoms with van der Waals surface area (Å²) >= 11 is 0. The maximum atomic E-state index is 12.8. The molecule has 3 rings (SSSR count). The second-order valence-corrected chi connectivity index (χ2v) is 5.37. The van der Waals surface area contributed by atoms with Gasteiger partial charge in [-0.25, -0.2) is 4.79 Å². The summed E-state index contributed by atoms with van der Waals surface area (Å²) < 4.78 is 6.05. The molecule has 0 aliphatic heterocycles. The maximum Gasteiger partial charge on any atom is 0.339 e. The third-order valence-corrected chi connectivity index (χ3v) is 3.66. The molecule has 0 spiro atoms. The van der Waals surface area contributed by atoms with Crippen LogP contribution in [0, 0.1) is 5.21 Å². The number of hydrogen-bond acceptors (Lipinski definition) is 4. The van der Waals surface area contributed by atoms with Crippen LogP contribution in [0.3, 0.4) is 0 Å². The van der Waals surface area contributed by atoms with E-state index in [-0.39, 0.29) is 11.3 Å². The van der Waals surface area contributed by atoms with E-state index in [4.69, 9.17) is 4.74 Å². The number of benzene rings is 2. The Morgan fingerprint density at radius 3 is 1.96 bits per heavy atom. The van der Waals surface area contributed by atoms with E-state index < -0.39 is 12.1 Å². The van der Waals surface area contributed by atoms with Gasteiger partial charge in [0.2, 0.25) is 5.78 Å². The van der Waals surface area contributed by atoms with Crippen molar-refractivity contribution < 1.29 is 19.1 Å². The van der Waals surface area contributed by atoms with E-state index in [1.165, 1.54) is 24.5 Å². The average molecular weight is 333 g/mol. The smallest absolute Gasteiger partial charge is 0.339 e. The molecule has 5 nitrogen and oxygen atoms in total. The molecule has 25 heavy (non-hydrogen) atoms. The number of carbonyl (C=O) groups is 2. The van der Waals surface area contributed by atoms with Crippen LogP contribution in [0.25, 0.3) is 0 Å². The number of carbonyl (C=O) groups excluding carboxylic acids is 2. The van der Waals surface area contributed by atoms with Crippen molar-refractivity contribution in [1.82, 2.24) is 0 Å². The maximum absolute atomic E-state index is 12.8. The summed E-state index contributed by atoms with van der Waals surface area (Å²) in [7, 11) is 0. The molecule has 5 heteroatoms. The van der Waals surface area contributed by atoms with Crippen molar-refractivity contribution in [1.29, 1.82) is 0 Å². The summed E-state index contributed by atoms with van der Waals surface area (Å²) in [6.07, 6.45) is 1.34. The van der Waals surface area contributed by atoms with Gasteiger partial charge in [-0.3, -0.25) is 4.79 Å². The van der Waals surface area contributed by atoms with Crippen molar-refractivity contribution in [3.8, 4) is 0 Å². The van der Waals surface area contributed by atoms with E-state index in [1.54, 1.807) is 48.5 Å². The molecule has 0 amide bonds. The fourth-order valence-corrected chi connectivity index (χ4v) is 2.38. The van der Waals surface area contributed by atoms with Gasteiger partial charge in [0.1, 0.15) is 0 Å². The Kier molecular flexibility index (Phi) is 4.85. The minimum Gasteiger partial charge on any atom is -0.619 e. The summed E-state index contributed by atoms with van der Waals surface area (Å²) in [5.41, 5.74) is 1.24. The van der Waals surface area contributed by atoms with Gasteiger partial charge < -0.3 is 9.94 Å². The van der Waals surface area contributed by atoms with Gasteiger partial charge in [0, 0.05) is 23.3 Å². The van der Waals surface area contributed by atoms with Crippen molar-refractivity contribution in [2.45, 2.75) is 6.10 Å². The lowest BCUT2D eigenvalue weighted by atomic mass is 10.00. The van der Waals surface area contributed by atoms with E-state index in [9.17, 15) is 14.8 Å². The van der Waals surface area contributed by atoms with Gasteiger partial charge >= 0.3 is 5.97 Å². The van der Waals surface area contributed by atoms with E-state index >= 15 is 0 Å². The second kappa shape index (κ2) is 7.40. The first kappa shape index (κ1) is 16.4. The monoisotopic (exact) mass is 333 g/mol. The highest BCUT2D eigenvalue weighted by molar-refractivity contribution is 6.02. The summed E-state index contributed by atoms with van der Waals surface area (Å²) in [6, 6.07) is 20.2. The normalized spacial score (nSPS) is 11.5. The fourth-order valence-electron chi connectivity index (χ4n) is 2.38. The molecular weight excluding hydrogens is 318 g/mol. The highest BCUT2D eigenvalue weighted by Gasteiger charge is 2.26. The van der Waals surface area contributed by atoms with Gasteiger partial charge in [0.05, 0.1) is 5.56 Å². The van der Waals surface area contributed by atoms with E-state index in [1.807, 2.05) is 12.1 Å². The number of pyridine rings is 1. The van der Waals surface area contributed by atoms with Crippen LogP contribution >= 0.6 is 0 Å². The molecule has 0 unspecified atom stereocenters. The van der Waals surface area contributed by atoms with Crippen molar-refractivity contribution in [2.24, 2.45) is 0 Å². The standard InChI is InChI=1S/C20H15NO4/c22-18(15-7-3-1-4-8-15)19(16-9-5-2-6-10-16)25-20(23)17-11-13-21(24)14-12-17/h1-14,19H/t19-/m0/s1. The lowest BCUT2D eigenvalue weighted by Gasteiger charge is -2.17. The highest BCUT2D eigenvalue weighted by Crippen LogP contribution is 2.23. The first-order valence-corrected chi connectivity index (χ1v) is 7.69. The molecule has 0 N–H and O–H groups in total. The second-order valence-electron chi connectivity index (χ2n) is 5.37. The Hall–Kier alpha value is -3.47. The van der Waals surface area contributed by atoms with E-state index in [0.29, 0.717) is 15.9 Å². The van der Waals surface area contributed by atoms with Crippen LogP contribution in [0.2, 0.25) is 0 Å². The first-order chi connectivity index (χ1) is 12.1. The van der Waals surface area contributed by atoms with Crippen LogP contribution < -0.4 is 4.73 Å². The zero-order chi connectivity index (χ0) is 17.6. The number of ether oxygens (including phenoxy) is 1. The molecule has 0 aliphatic carbocycles. The molecular formula is C20H15NO4. The fraction of sp³-hybridized carbons (Fsp3) is 0.0500. The molecule has 124 valence electrons. The molecule has 0 saturated heterocycles. The number of aromatic nitrogens is 1. The zero-order valence-electron chi connectivity index (χ0n) is 13.2. The number of ketones is 1. The topological polar surface area (TPSA) is 70.3 Å². The van der Waals surface area contributed by atoms with Crippen molar-refractivity contribution in [2.75, 3.05) is 0 Å². The Morgan fingerprint density at radius 2 is 1.36 bits per heavy atom. The largest absolute Gasteiger partial charge is 0.619 e. The molecule has 0 aliphatic rings. The number of esters is 1. The molecule has 1 atom stereocenters. The molecule has 2 aromatic carbocycles. The number of hydrogen-bond donors (Lipinski definition) is 0. The van der Waals surface area contributed by atoms with Gasteiger partial charge in [-0.2, -0.15) is 4.73 Å². The molecule has 0 saturated carbocycles. The van der Waals surface area contributed by atoms with E-state index in [0.717, 1.165) is 0 Å².